The van der Waals surface area contributed by atoms with Crippen molar-refractivity contribution in [2.24, 2.45) is 0 Å². The largest absolute Gasteiger partial charge is 0.384 e. The summed E-state index contributed by atoms with van der Waals surface area (Å²) in [4.78, 5) is 2.15. The summed E-state index contributed by atoms with van der Waals surface area (Å²) in [6.07, 6.45) is 1.13. The molecule has 0 aliphatic carbocycles. The normalized spacial score (nSPS) is 10.5. The van der Waals surface area contributed by atoms with E-state index in [4.69, 9.17) is 4.74 Å². The number of rotatable bonds is 4. The third-order valence-corrected chi connectivity index (χ3v) is 0.954. The number of nitrogens with zero attached hydrogens (tertiary/aromatic N) is 1. The van der Waals surface area contributed by atoms with Gasteiger partial charge in [-0.15, -0.1) is 0 Å². The zero-order valence-corrected chi connectivity index (χ0v) is 5.98. The van der Waals surface area contributed by atoms with Gasteiger partial charge in [0.2, 0.25) is 0 Å². The third kappa shape index (κ3) is 5.92. The lowest BCUT2D eigenvalue weighted by Crippen LogP contribution is -2.20. The highest BCUT2D eigenvalue weighted by Crippen LogP contribution is 1.79. The van der Waals surface area contributed by atoms with Gasteiger partial charge in [0.25, 0.3) is 0 Å². The fourth-order valence-corrected chi connectivity index (χ4v) is 0.525. The number of ether oxygens (including phenoxy) is 1. The van der Waals surface area contributed by atoms with Crippen molar-refractivity contribution in [2.75, 3.05) is 34.4 Å². The molecule has 0 amide bonds. The van der Waals surface area contributed by atoms with Crippen LogP contribution in [0.1, 0.15) is 6.42 Å². The van der Waals surface area contributed by atoms with E-state index in [9.17, 15) is 0 Å². The molecular formula is C6H15NO+. The van der Waals surface area contributed by atoms with Crippen LogP contribution in [-0.4, -0.2) is 34.4 Å². The molecule has 0 atom stereocenters. The molecule has 2 heteroatoms. The monoisotopic (exact) mass is 117 g/mol. The molecule has 2 nitrogen and oxygen atoms in total. The van der Waals surface area contributed by atoms with Crippen LogP contribution >= 0.6 is 0 Å². The van der Waals surface area contributed by atoms with Gasteiger partial charge in [-0.3, -0.25) is 0 Å². The van der Waals surface area contributed by atoms with Crippen LogP contribution in [0.2, 0.25) is 0 Å². The van der Waals surface area contributed by atoms with Gasteiger partial charge in [-0.2, -0.15) is 4.90 Å². The Morgan fingerprint density at radius 3 is 2.38 bits per heavy atom. The Bertz CT molecular complexity index is 45.8. The summed E-state index contributed by atoms with van der Waals surface area (Å²) in [5.74, 6) is 0. The lowest BCUT2D eigenvalue weighted by Gasteiger charge is -1.97. The van der Waals surface area contributed by atoms with E-state index in [1.54, 1.807) is 7.11 Å². The molecule has 0 rings (SSSR count). The topological polar surface area (TPSA) is 15.1 Å². The van der Waals surface area contributed by atoms with Crippen molar-refractivity contribution in [1.29, 1.82) is 0 Å². The predicted octanol–water partition coefficient (Wildman–Crippen LogP) is 0.423. The van der Waals surface area contributed by atoms with Crippen molar-refractivity contribution in [1.82, 2.24) is 4.90 Å². The van der Waals surface area contributed by atoms with E-state index in [0.717, 1.165) is 19.6 Å². The minimum atomic E-state index is 0.873. The van der Waals surface area contributed by atoms with Crippen LogP contribution in [0.5, 0.6) is 0 Å². The van der Waals surface area contributed by atoms with Gasteiger partial charge in [0.05, 0.1) is 6.61 Å². The highest BCUT2D eigenvalue weighted by Gasteiger charge is 1.95. The molecule has 49 valence electrons. The lowest BCUT2D eigenvalue weighted by molar-refractivity contribution is 0.191. The van der Waals surface area contributed by atoms with Crippen LogP contribution in [0.15, 0.2) is 0 Å². The van der Waals surface area contributed by atoms with Gasteiger partial charge < -0.3 is 4.74 Å². The van der Waals surface area contributed by atoms with Crippen molar-refractivity contribution < 1.29 is 4.74 Å². The Hall–Kier alpha value is -0.0800. The van der Waals surface area contributed by atoms with Crippen LogP contribution in [0, 0.1) is 0 Å². The molecule has 0 aromatic carbocycles. The first kappa shape index (κ1) is 7.92. The van der Waals surface area contributed by atoms with Crippen molar-refractivity contribution in [3.05, 3.63) is 0 Å². The summed E-state index contributed by atoms with van der Waals surface area (Å²) in [7, 11) is 5.86. The summed E-state index contributed by atoms with van der Waals surface area (Å²) in [6.45, 7) is 1.99. The molecule has 0 bridgehead atoms. The summed E-state index contributed by atoms with van der Waals surface area (Å²) in [5, 5.41) is 0. The fraction of sp³-hybridized carbons (Fsp3) is 1.00. The second-order valence-corrected chi connectivity index (χ2v) is 2.15. The Balaban J connectivity index is 2.72. The van der Waals surface area contributed by atoms with Gasteiger partial charge in [-0.1, -0.05) is 0 Å². The molecule has 0 aromatic heterocycles. The molecule has 0 heterocycles. The van der Waals surface area contributed by atoms with Gasteiger partial charge in [0, 0.05) is 13.5 Å². The third-order valence-electron chi connectivity index (χ3n) is 0.954. The molecule has 0 aromatic rings. The zero-order valence-electron chi connectivity index (χ0n) is 5.98. The molecule has 0 N–H and O–H groups in total. The minimum absolute atomic E-state index is 0.873. The van der Waals surface area contributed by atoms with E-state index < -0.39 is 0 Å². The smallest absolute Gasteiger partial charge is 0.124 e. The number of hydrogen-bond donors (Lipinski definition) is 0. The van der Waals surface area contributed by atoms with E-state index in [0.29, 0.717) is 0 Å². The molecule has 0 saturated carbocycles. The summed E-state index contributed by atoms with van der Waals surface area (Å²) in [6, 6.07) is 0. The second kappa shape index (κ2) is 5.06. The second-order valence-electron chi connectivity index (χ2n) is 2.15. The first-order valence-corrected chi connectivity index (χ1v) is 2.91. The van der Waals surface area contributed by atoms with Gasteiger partial charge in [-0.05, 0) is 0 Å². The highest BCUT2D eigenvalue weighted by atomic mass is 16.5. The Kier molecular flexibility index (Phi) is 5.01. The van der Waals surface area contributed by atoms with Gasteiger partial charge in [0.15, 0.2) is 0 Å². The quantitative estimate of drug-likeness (QED) is 0.385. The van der Waals surface area contributed by atoms with E-state index in [1.165, 1.54) is 0 Å². The predicted molar refractivity (Wildman–Crippen MR) is 35.3 cm³/mol. The number of hydrogen-bond acceptors (Lipinski definition) is 2. The van der Waals surface area contributed by atoms with Gasteiger partial charge in [-0.25, -0.2) is 0 Å². The van der Waals surface area contributed by atoms with Crippen molar-refractivity contribution in [2.45, 2.75) is 6.42 Å². The maximum absolute atomic E-state index is 4.87. The summed E-state index contributed by atoms with van der Waals surface area (Å²) in [5.41, 5.74) is 0. The van der Waals surface area contributed by atoms with E-state index in [1.807, 2.05) is 0 Å². The maximum Gasteiger partial charge on any atom is 0.124 e. The molecule has 0 saturated heterocycles. The number of methoxy groups -OCH3 is 1. The van der Waals surface area contributed by atoms with E-state index in [-0.39, 0.29) is 0 Å². The maximum atomic E-state index is 4.87. The van der Waals surface area contributed by atoms with Crippen LogP contribution in [0.3, 0.4) is 0 Å². The van der Waals surface area contributed by atoms with Crippen LogP contribution in [0.25, 0.3) is 0 Å². The molecular weight excluding hydrogens is 102 g/mol. The lowest BCUT2D eigenvalue weighted by atomic mass is 10.4. The van der Waals surface area contributed by atoms with Crippen LogP contribution in [0.4, 0.5) is 0 Å². The van der Waals surface area contributed by atoms with Gasteiger partial charge >= 0.3 is 0 Å². The first-order valence-electron chi connectivity index (χ1n) is 2.91. The zero-order chi connectivity index (χ0) is 6.41. The molecule has 0 aliphatic rings. The molecule has 8 heavy (non-hydrogen) atoms. The molecule has 0 aliphatic heterocycles. The van der Waals surface area contributed by atoms with Crippen molar-refractivity contribution in [3.8, 4) is 0 Å². The first-order chi connectivity index (χ1) is 3.77. The fourth-order valence-electron chi connectivity index (χ4n) is 0.525. The van der Waals surface area contributed by atoms with Crippen molar-refractivity contribution >= 4 is 0 Å². The van der Waals surface area contributed by atoms with Gasteiger partial charge in [0.1, 0.15) is 20.6 Å². The standard InChI is InChI=1S/C6H15NO/c1-7(2)5-4-6-8-3/h4-6H2,1-3H3/q+1. The van der Waals surface area contributed by atoms with Crippen LogP contribution in [-0.2, 0) is 4.74 Å². The molecule has 0 fully saturated rings. The van der Waals surface area contributed by atoms with E-state index >= 15 is 0 Å². The SMILES string of the molecule is COCCC[N+](C)C. The van der Waals surface area contributed by atoms with Crippen LogP contribution < -0.4 is 4.90 Å². The minimum Gasteiger partial charge on any atom is -0.384 e. The average Bonchev–Trinajstić information content (AvgIpc) is 1.66. The molecule has 0 spiro atoms. The Labute approximate surface area is 51.4 Å². The average molecular weight is 117 g/mol. The Morgan fingerprint density at radius 2 is 2.00 bits per heavy atom. The molecule has 1 radical (unpaired) electrons. The highest BCUT2D eigenvalue weighted by molar-refractivity contribution is 4.46. The summed E-state index contributed by atoms with van der Waals surface area (Å²) < 4.78 is 4.87. The van der Waals surface area contributed by atoms with Crippen molar-refractivity contribution in [3.63, 3.8) is 0 Å². The summed E-state index contributed by atoms with van der Waals surface area (Å²) >= 11 is 0. The molecule has 0 unspecified atom stereocenters. The van der Waals surface area contributed by atoms with E-state index in [2.05, 4.69) is 19.0 Å². The Morgan fingerprint density at radius 1 is 1.38 bits per heavy atom.